The number of nitrogens with zero attached hydrogens (tertiary/aromatic N) is 5. The summed E-state index contributed by atoms with van der Waals surface area (Å²) in [6.45, 7) is 2.57. The molecule has 0 atom stereocenters. The van der Waals surface area contributed by atoms with Crippen molar-refractivity contribution in [3.63, 3.8) is 0 Å². The van der Waals surface area contributed by atoms with Crippen LogP contribution < -0.4 is 4.90 Å². The number of fused-ring (bicyclic) bond motifs is 1. The van der Waals surface area contributed by atoms with Gasteiger partial charge in [0.25, 0.3) is 11.9 Å². The molecule has 1 aliphatic heterocycles. The van der Waals surface area contributed by atoms with E-state index in [-0.39, 0.29) is 5.91 Å². The minimum Gasteiger partial charge on any atom is -0.423 e. The van der Waals surface area contributed by atoms with Crippen molar-refractivity contribution < 1.29 is 9.21 Å². The summed E-state index contributed by atoms with van der Waals surface area (Å²) in [5, 5.41) is 0.633. The predicted molar refractivity (Wildman–Crippen MR) is 90.3 cm³/mol. The number of anilines is 1. The number of imidazole rings is 1. The number of carbonyl (C=O) groups excluding carboxylic acids is 1. The molecule has 0 spiro atoms. The predicted octanol–water partition coefficient (Wildman–Crippen LogP) is 2.18. The molecule has 4 rings (SSSR count). The molecule has 0 bridgehead atoms. The van der Waals surface area contributed by atoms with Gasteiger partial charge in [-0.2, -0.15) is 4.98 Å². The summed E-state index contributed by atoms with van der Waals surface area (Å²) in [4.78, 5) is 24.9. The second kappa shape index (κ2) is 5.83. The van der Waals surface area contributed by atoms with Crippen LogP contribution in [0.5, 0.6) is 0 Å². The lowest BCUT2D eigenvalue weighted by Gasteiger charge is -2.33. The van der Waals surface area contributed by atoms with Crippen molar-refractivity contribution >= 4 is 34.6 Å². The van der Waals surface area contributed by atoms with E-state index in [9.17, 15) is 4.79 Å². The first-order valence-corrected chi connectivity index (χ1v) is 8.06. The van der Waals surface area contributed by atoms with Crippen LogP contribution in [0.1, 0.15) is 10.5 Å². The molecule has 124 valence electrons. The highest BCUT2D eigenvalue weighted by Crippen LogP contribution is 2.25. The zero-order chi connectivity index (χ0) is 16.7. The highest BCUT2D eigenvalue weighted by Gasteiger charge is 2.26. The van der Waals surface area contributed by atoms with E-state index in [2.05, 4.69) is 9.97 Å². The molecule has 1 amide bonds. The average Bonchev–Trinajstić information content (AvgIpc) is 3.20. The molecule has 1 fully saturated rings. The molecule has 7 nitrogen and oxygen atoms in total. The van der Waals surface area contributed by atoms with Gasteiger partial charge in [-0.25, -0.2) is 4.98 Å². The molecule has 3 aromatic rings. The van der Waals surface area contributed by atoms with E-state index < -0.39 is 0 Å². The highest BCUT2D eigenvalue weighted by molar-refractivity contribution is 6.31. The molecule has 8 heteroatoms. The van der Waals surface area contributed by atoms with Gasteiger partial charge in [-0.15, -0.1) is 0 Å². The first kappa shape index (κ1) is 15.0. The normalized spacial score (nSPS) is 15.2. The fraction of sp³-hybridized carbons (Fsp3) is 0.312. The Bertz CT molecular complexity index is 895. The molecule has 0 radical (unpaired) electrons. The number of amides is 1. The summed E-state index contributed by atoms with van der Waals surface area (Å²) in [6.07, 6.45) is 3.23. The average molecular weight is 346 g/mol. The van der Waals surface area contributed by atoms with Crippen LogP contribution in [0.2, 0.25) is 5.02 Å². The Balaban J connectivity index is 1.47. The van der Waals surface area contributed by atoms with Crippen molar-refractivity contribution in [3.8, 4) is 0 Å². The number of aromatic nitrogens is 3. The maximum absolute atomic E-state index is 12.5. The van der Waals surface area contributed by atoms with Crippen molar-refractivity contribution in [2.45, 2.75) is 0 Å². The molecular formula is C16H16ClN5O2. The van der Waals surface area contributed by atoms with Crippen LogP contribution in [0.15, 0.2) is 35.1 Å². The lowest BCUT2D eigenvalue weighted by molar-refractivity contribution is 0.0735. The molecule has 0 aliphatic carbocycles. The van der Waals surface area contributed by atoms with Crippen molar-refractivity contribution in [2.75, 3.05) is 31.1 Å². The molecule has 1 saturated heterocycles. The van der Waals surface area contributed by atoms with Crippen LogP contribution in [-0.4, -0.2) is 51.5 Å². The smallest absolute Gasteiger partial charge is 0.298 e. The number of oxazole rings is 1. The van der Waals surface area contributed by atoms with Gasteiger partial charge >= 0.3 is 0 Å². The third-order valence-corrected chi connectivity index (χ3v) is 4.45. The fourth-order valence-electron chi connectivity index (χ4n) is 2.85. The summed E-state index contributed by atoms with van der Waals surface area (Å²) < 4.78 is 7.52. The Labute approximate surface area is 143 Å². The van der Waals surface area contributed by atoms with Gasteiger partial charge in [0.2, 0.25) is 0 Å². The molecule has 3 heterocycles. The van der Waals surface area contributed by atoms with Gasteiger partial charge in [-0.1, -0.05) is 11.6 Å². The fourth-order valence-corrected chi connectivity index (χ4v) is 3.02. The lowest BCUT2D eigenvalue weighted by Crippen LogP contribution is -2.49. The Hall–Kier alpha value is -2.54. The molecule has 0 unspecified atom stereocenters. The van der Waals surface area contributed by atoms with Crippen LogP contribution in [0.3, 0.4) is 0 Å². The Morgan fingerprint density at radius 1 is 1.25 bits per heavy atom. The van der Waals surface area contributed by atoms with E-state index >= 15 is 0 Å². The summed E-state index contributed by atoms with van der Waals surface area (Å²) >= 11 is 5.98. The number of hydrogen-bond donors (Lipinski definition) is 0. The standard InChI is InChI=1S/C16H16ClN5O2/c1-20-10-18-9-13(20)15(23)21-4-6-22(7-5-21)16-19-12-8-11(17)2-3-14(12)24-16/h2-3,8-10H,4-7H2,1H3. The van der Waals surface area contributed by atoms with E-state index in [1.54, 1.807) is 29.2 Å². The summed E-state index contributed by atoms with van der Waals surface area (Å²) in [5.74, 6) is -0.000929. The molecule has 2 aromatic heterocycles. The van der Waals surface area contributed by atoms with Gasteiger partial charge in [0.1, 0.15) is 11.2 Å². The second-order valence-electron chi connectivity index (χ2n) is 5.78. The number of aryl methyl sites for hydroxylation is 1. The zero-order valence-corrected chi connectivity index (χ0v) is 13.9. The van der Waals surface area contributed by atoms with Crippen molar-refractivity contribution in [3.05, 3.63) is 41.4 Å². The van der Waals surface area contributed by atoms with Crippen molar-refractivity contribution in [1.29, 1.82) is 0 Å². The topological polar surface area (TPSA) is 67.4 Å². The maximum atomic E-state index is 12.5. The van der Waals surface area contributed by atoms with E-state index in [0.717, 1.165) is 5.52 Å². The van der Waals surface area contributed by atoms with Gasteiger partial charge < -0.3 is 18.8 Å². The quantitative estimate of drug-likeness (QED) is 0.712. The Kier molecular flexibility index (Phi) is 3.65. The van der Waals surface area contributed by atoms with Crippen molar-refractivity contribution in [2.24, 2.45) is 7.05 Å². The number of piperazine rings is 1. The molecule has 1 aliphatic rings. The van der Waals surface area contributed by atoms with Gasteiger partial charge in [0.05, 0.1) is 12.5 Å². The van der Waals surface area contributed by atoms with E-state index in [4.69, 9.17) is 16.0 Å². The first-order valence-electron chi connectivity index (χ1n) is 7.68. The van der Waals surface area contributed by atoms with Gasteiger partial charge in [0.15, 0.2) is 5.58 Å². The number of halogens is 1. The molecule has 24 heavy (non-hydrogen) atoms. The lowest BCUT2D eigenvalue weighted by atomic mass is 10.3. The number of hydrogen-bond acceptors (Lipinski definition) is 5. The van der Waals surface area contributed by atoms with E-state index in [1.165, 1.54) is 0 Å². The number of carbonyl (C=O) groups is 1. The third kappa shape index (κ3) is 2.60. The number of benzene rings is 1. The largest absolute Gasteiger partial charge is 0.423 e. The molecule has 1 aromatic carbocycles. The Morgan fingerprint density at radius 2 is 2.04 bits per heavy atom. The summed E-state index contributed by atoms with van der Waals surface area (Å²) in [6, 6.07) is 5.95. The molecular weight excluding hydrogens is 330 g/mol. The Morgan fingerprint density at radius 3 is 2.75 bits per heavy atom. The van der Waals surface area contributed by atoms with E-state index in [0.29, 0.717) is 48.5 Å². The van der Waals surface area contributed by atoms with Gasteiger partial charge in [-0.05, 0) is 18.2 Å². The molecule has 0 N–H and O–H groups in total. The summed E-state index contributed by atoms with van der Waals surface area (Å²) in [5.41, 5.74) is 2.05. The van der Waals surface area contributed by atoms with Gasteiger partial charge in [-0.3, -0.25) is 4.79 Å². The van der Waals surface area contributed by atoms with E-state index in [1.807, 2.05) is 22.9 Å². The second-order valence-corrected chi connectivity index (χ2v) is 6.21. The minimum absolute atomic E-state index is 0.000929. The van der Waals surface area contributed by atoms with Crippen LogP contribution >= 0.6 is 11.6 Å². The van der Waals surface area contributed by atoms with Gasteiger partial charge in [0, 0.05) is 38.2 Å². The SMILES string of the molecule is Cn1cncc1C(=O)N1CCN(c2nc3cc(Cl)ccc3o2)CC1. The van der Waals surface area contributed by atoms with Crippen LogP contribution in [0.4, 0.5) is 6.01 Å². The maximum Gasteiger partial charge on any atom is 0.298 e. The highest BCUT2D eigenvalue weighted by atomic mass is 35.5. The first-order chi connectivity index (χ1) is 11.6. The summed E-state index contributed by atoms with van der Waals surface area (Å²) in [7, 11) is 1.82. The number of rotatable bonds is 2. The van der Waals surface area contributed by atoms with Crippen LogP contribution in [0.25, 0.3) is 11.1 Å². The van der Waals surface area contributed by atoms with Crippen LogP contribution in [0, 0.1) is 0 Å². The third-order valence-electron chi connectivity index (χ3n) is 4.21. The monoisotopic (exact) mass is 345 g/mol. The zero-order valence-electron chi connectivity index (χ0n) is 13.1. The minimum atomic E-state index is -0.000929. The molecule has 0 saturated carbocycles. The van der Waals surface area contributed by atoms with Crippen LogP contribution in [-0.2, 0) is 7.05 Å². The van der Waals surface area contributed by atoms with Crippen molar-refractivity contribution in [1.82, 2.24) is 19.4 Å².